The first-order valence-electron chi connectivity index (χ1n) is 6.49. The molecule has 0 radical (unpaired) electrons. The van der Waals surface area contributed by atoms with Crippen molar-refractivity contribution < 1.29 is 9.90 Å². The third kappa shape index (κ3) is 2.89. The van der Waals surface area contributed by atoms with E-state index in [0.29, 0.717) is 0 Å². The van der Waals surface area contributed by atoms with Crippen LogP contribution in [0, 0.1) is 0 Å². The Kier molecular flexibility index (Phi) is 4.33. The molecule has 0 saturated carbocycles. The van der Waals surface area contributed by atoms with Gasteiger partial charge in [0.1, 0.15) is 0 Å². The minimum atomic E-state index is -0.361. The number of benzene rings is 1. The van der Waals surface area contributed by atoms with Crippen LogP contribution in [0.3, 0.4) is 0 Å². The zero-order chi connectivity index (χ0) is 13.0. The van der Waals surface area contributed by atoms with Crippen LogP contribution in [0.25, 0.3) is 0 Å². The molecule has 4 nitrogen and oxygen atoms in total. The zero-order valence-corrected chi connectivity index (χ0v) is 10.5. The zero-order valence-electron chi connectivity index (χ0n) is 10.5. The highest BCUT2D eigenvalue weighted by Gasteiger charge is 2.26. The van der Waals surface area contributed by atoms with E-state index in [9.17, 15) is 4.79 Å². The Bertz CT molecular complexity index is 420. The van der Waals surface area contributed by atoms with Crippen LogP contribution in [0.15, 0.2) is 24.3 Å². The van der Waals surface area contributed by atoms with Crippen LogP contribution in [0.5, 0.6) is 0 Å². The van der Waals surface area contributed by atoms with Crippen LogP contribution in [0.4, 0.5) is 5.69 Å². The van der Waals surface area contributed by atoms with Gasteiger partial charge in [-0.1, -0.05) is 12.1 Å². The average molecular weight is 248 g/mol. The number of carbonyl (C=O) groups excluding carboxylic acids is 1. The van der Waals surface area contributed by atoms with Crippen molar-refractivity contribution in [2.75, 3.05) is 18.1 Å². The van der Waals surface area contributed by atoms with Crippen molar-refractivity contribution in [3.8, 4) is 0 Å². The van der Waals surface area contributed by atoms with E-state index in [4.69, 9.17) is 10.8 Å². The van der Waals surface area contributed by atoms with E-state index >= 15 is 0 Å². The van der Waals surface area contributed by atoms with Gasteiger partial charge in [0, 0.05) is 18.8 Å². The van der Waals surface area contributed by atoms with Gasteiger partial charge in [0.2, 0.25) is 5.91 Å². The van der Waals surface area contributed by atoms with Gasteiger partial charge < -0.3 is 15.7 Å². The summed E-state index contributed by atoms with van der Waals surface area (Å²) in [5, 5.41) is 8.84. The first kappa shape index (κ1) is 13.1. The summed E-state index contributed by atoms with van der Waals surface area (Å²) < 4.78 is 0. The van der Waals surface area contributed by atoms with E-state index in [2.05, 4.69) is 0 Å². The lowest BCUT2D eigenvalue weighted by Crippen LogP contribution is -2.48. The third-order valence-corrected chi connectivity index (χ3v) is 3.33. The van der Waals surface area contributed by atoms with Crippen molar-refractivity contribution in [2.24, 2.45) is 5.73 Å². The molecule has 3 N–H and O–H groups in total. The van der Waals surface area contributed by atoms with Gasteiger partial charge in [0.25, 0.3) is 0 Å². The number of aliphatic hydroxyl groups is 1. The Balaban J connectivity index is 2.14. The molecule has 1 heterocycles. The fraction of sp³-hybridized carbons (Fsp3) is 0.500. The largest absolute Gasteiger partial charge is 0.396 e. The van der Waals surface area contributed by atoms with E-state index in [-0.39, 0.29) is 18.6 Å². The molecule has 98 valence electrons. The van der Waals surface area contributed by atoms with Gasteiger partial charge in [-0.3, -0.25) is 4.79 Å². The van der Waals surface area contributed by atoms with Gasteiger partial charge in [-0.05, 0) is 43.4 Å². The van der Waals surface area contributed by atoms with Gasteiger partial charge >= 0.3 is 0 Å². The maximum atomic E-state index is 12.0. The lowest BCUT2D eigenvalue weighted by Gasteiger charge is -2.30. The number of nitrogens with zero attached hydrogens (tertiary/aromatic N) is 1. The van der Waals surface area contributed by atoms with Crippen LogP contribution in [-0.2, 0) is 11.2 Å². The van der Waals surface area contributed by atoms with Crippen molar-refractivity contribution in [3.05, 3.63) is 29.8 Å². The summed E-state index contributed by atoms with van der Waals surface area (Å²) >= 11 is 0. The Morgan fingerprint density at radius 2 is 2.28 bits per heavy atom. The summed E-state index contributed by atoms with van der Waals surface area (Å²) in [6.45, 7) is 0.938. The Hall–Kier alpha value is -1.39. The van der Waals surface area contributed by atoms with Crippen LogP contribution in [-0.4, -0.2) is 30.2 Å². The van der Waals surface area contributed by atoms with E-state index in [1.165, 1.54) is 0 Å². The monoisotopic (exact) mass is 248 g/mol. The fourth-order valence-electron chi connectivity index (χ4n) is 2.32. The number of aryl methyl sites for hydroxylation is 1. The minimum absolute atomic E-state index is 0.0144. The van der Waals surface area contributed by atoms with Crippen molar-refractivity contribution in [3.63, 3.8) is 0 Å². The Morgan fingerprint density at radius 3 is 3.06 bits per heavy atom. The second-order valence-corrected chi connectivity index (χ2v) is 4.74. The lowest BCUT2D eigenvalue weighted by atomic mass is 10.0. The maximum absolute atomic E-state index is 12.0. The highest BCUT2D eigenvalue weighted by molar-refractivity contribution is 5.97. The van der Waals surface area contributed by atoms with Gasteiger partial charge in [0.15, 0.2) is 0 Å². The predicted octanol–water partition coefficient (Wildman–Crippen LogP) is 1.07. The SMILES string of the molecule is NC1CCCN(c2cccc(CCCO)c2)C1=O. The van der Waals surface area contributed by atoms with Crippen molar-refractivity contribution >= 4 is 11.6 Å². The molecular weight excluding hydrogens is 228 g/mol. The van der Waals surface area contributed by atoms with Gasteiger partial charge in [-0.15, -0.1) is 0 Å². The fourth-order valence-corrected chi connectivity index (χ4v) is 2.32. The summed E-state index contributed by atoms with van der Waals surface area (Å²) in [5.41, 5.74) is 7.87. The summed E-state index contributed by atoms with van der Waals surface area (Å²) in [6.07, 6.45) is 3.31. The number of hydrogen-bond donors (Lipinski definition) is 2. The molecule has 1 aromatic rings. The Morgan fingerprint density at radius 1 is 1.44 bits per heavy atom. The van der Waals surface area contributed by atoms with E-state index in [1.54, 1.807) is 4.90 Å². The van der Waals surface area contributed by atoms with Crippen LogP contribution >= 0.6 is 0 Å². The Labute approximate surface area is 107 Å². The smallest absolute Gasteiger partial charge is 0.243 e. The minimum Gasteiger partial charge on any atom is -0.396 e. The average Bonchev–Trinajstić information content (AvgIpc) is 2.40. The number of piperidine rings is 1. The highest BCUT2D eigenvalue weighted by Crippen LogP contribution is 2.22. The number of aliphatic hydroxyl groups excluding tert-OH is 1. The third-order valence-electron chi connectivity index (χ3n) is 3.33. The molecule has 0 bridgehead atoms. The second-order valence-electron chi connectivity index (χ2n) is 4.74. The number of rotatable bonds is 4. The summed E-state index contributed by atoms with van der Waals surface area (Å²) in [7, 11) is 0. The molecule has 1 unspecified atom stereocenters. The molecule has 0 spiro atoms. The first-order chi connectivity index (χ1) is 8.72. The van der Waals surface area contributed by atoms with E-state index in [1.807, 2.05) is 24.3 Å². The number of hydrogen-bond acceptors (Lipinski definition) is 3. The molecule has 0 aliphatic carbocycles. The molecule has 1 fully saturated rings. The normalized spacial score (nSPS) is 20.2. The van der Waals surface area contributed by atoms with Crippen LogP contribution in [0.1, 0.15) is 24.8 Å². The van der Waals surface area contributed by atoms with Gasteiger partial charge in [-0.2, -0.15) is 0 Å². The molecule has 1 aromatic carbocycles. The number of carbonyl (C=O) groups is 1. The standard InChI is InChI=1S/C14H20N2O2/c15-13-7-2-8-16(14(13)18)12-6-1-4-11(10-12)5-3-9-17/h1,4,6,10,13,17H,2-3,5,7-9,15H2. The molecule has 1 aliphatic heterocycles. The highest BCUT2D eigenvalue weighted by atomic mass is 16.2. The van der Waals surface area contributed by atoms with Crippen molar-refractivity contribution in [2.45, 2.75) is 31.7 Å². The van der Waals surface area contributed by atoms with Crippen molar-refractivity contribution in [1.29, 1.82) is 0 Å². The van der Waals surface area contributed by atoms with Gasteiger partial charge in [0.05, 0.1) is 6.04 Å². The molecular formula is C14H20N2O2. The summed E-state index contributed by atoms with van der Waals surface area (Å²) in [4.78, 5) is 13.8. The molecule has 18 heavy (non-hydrogen) atoms. The molecule has 0 aromatic heterocycles. The molecule has 1 aliphatic rings. The maximum Gasteiger partial charge on any atom is 0.243 e. The molecule has 1 amide bonds. The number of nitrogens with two attached hydrogens (primary N) is 1. The van der Waals surface area contributed by atoms with Crippen LogP contribution < -0.4 is 10.6 Å². The lowest BCUT2D eigenvalue weighted by molar-refractivity contribution is -0.120. The quantitative estimate of drug-likeness (QED) is 0.837. The van der Waals surface area contributed by atoms with Crippen molar-refractivity contribution in [1.82, 2.24) is 0 Å². The molecule has 2 rings (SSSR count). The number of anilines is 1. The number of amides is 1. The van der Waals surface area contributed by atoms with Crippen LogP contribution in [0.2, 0.25) is 0 Å². The first-order valence-corrected chi connectivity index (χ1v) is 6.49. The molecule has 1 saturated heterocycles. The topological polar surface area (TPSA) is 66.6 Å². The molecule has 1 atom stereocenters. The van der Waals surface area contributed by atoms with E-state index < -0.39 is 0 Å². The van der Waals surface area contributed by atoms with Gasteiger partial charge in [-0.25, -0.2) is 0 Å². The summed E-state index contributed by atoms with van der Waals surface area (Å²) in [5.74, 6) is 0.0144. The summed E-state index contributed by atoms with van der Waals surface area (Å²) in [6, 6.07) is 7.58. The van der Waals surface area contributed by atoms with E-state index in [0.717, 1.165) is 43.5 Å². The molecule has 4 heteroatoms. The second kappa shape index (κ2) is 5.98. The predicted molar refractivity (Wildman–Crippen MR) is 71.4 cm³/mol.